The van der Waals surface area contributed by atoms with Crippen LogP contribution in [0.2, 0.25) is 0 Å². The Morgan fingerprint density at radius 2 is 2.04 bits per heavy atom. The lowest BCUT2D eigenvalue weighted by atomic mass is 9.78. The van der Waals surface area contributed by atoms with E-state index in [1.165, 1.54) is 11.0 Å². The number of carbonyl (C=O) groups is 2. The average molecular weight is 388 g/mol. The van der Waals surface area contributed by atoms with Gasteiger partial charge in [-0.1, -0.05) is 38.8 Å². The Bertz CT molecular complexity index is 900. The van der Waals surface area contributed by atoms with Crippen LogP contribution in [-0.4, -0.2) is 28.6 Å². The molecule has 1 amide bonds. The summed E-state index contributed by atoms with van der Waals surface area (Å²) < 4.78 is 11.8. The maximum Gasteiger partial charge on any atom is 0.419 e. The number of para-hydroxylation sites is 2. The Hall–Kier alpha value is -2.57. The van der Waals surface area contributed by atoms with Crippen LogP contribution >= 0.6 is 0 Å². The van der Waals surface area contributed by atoms with Crippen molar-refractivity contribution in [2.75, 3.05) is 0 Å². The summed E-state index contributed by atoms with van der Waals surface area (Å²) in [7, 11) is 0. The Morgan fingerprint density at radius 1 is 1.29 bits per heavy atom. The molecule has 1 aromatic carbocycles. The van der Waals surface area contributed by atoms with Gasteiger partial charge in [0.05, 0.1) is 11.9 Å². The Labute approximate surface area is 164 Å². The predicted octanol–water partition coefficient (Wildman–Crippen LogP) is 2.86. The van der Waals surface area contributed by atoms with E-state index in [0.29, 0.717) is 22.9 Å². The van der Waals surface area contributed by atoms with Crippen molar-refractivity contribution in [1.82, 2.24) is 9.88 Å². The van der Waals surface area contributed by atoms with E-state index in [9.17, 15) is 14.4 Å². The van der Waals surface area contributed by atoms with E-state index in [4.69, 9.17) is 9.15 Å². The van der Waals surface area contributed by atoms with Crippen molar-refractivity contribution in [3.63, 3.8) is 0 Å². The highest BCUT2D eigenvalue weighted by Crippen LogP contribution is 2.29. The first-order valence-corrected chi connectivity index (χ1v) is 9.95. The van der Waals surface area contributed by atoms with Gasteiger partial charge in [-0.05, 0) is 37.3 Å². The number of amides is 1. The number of oxazole rings is 1. The molecule has 0 aliphatic heterocycles. The fourth-order valence-electron chi connectivity index (χ4n) is 3.82. The molecule has 1 saturated carbocycles. The van der Waals surface area contributed by atoms with Crippen LogP contribution in [0, 0.1) is 11.8 Å². The van der Waals surface area contributed by atoms with E-state index in [-0.39, 0.29) is 24.9 Å². The molecule has 1 N–H and O–H groups in total. The molecule has 0 spiro atoms. The Balaban J connectivity index is 1.52. The summed E-state index contributed by atoms with van der Waals surface area (Å²) in [6.07, 6.45) is 2.35. The third-order valence-electron chi connectivity index (χ3n) is 5.83. The van der Waals surface area contributed by atoms with Crippen molar-refractivity contribution >= 4 is 23.0 Å². The van der Waals surface area contributed by atoms with Gasteiger partial charge >= 0.3 is 11.7 Å². The van der Waals surface area contributed by atoms with Crippen molar-refractivity contribution in [2.24, 2.45) is 11.8 Å². The lowest BCUT2D eigenvalue weighted by molar-refractivity contribution is -0.155. The molecule has 4 unspecified atom stereocenters. The summed E-state index contributed by atoms with van der Waals surface area (Å²) in [5.41, 5.74) is 1.11. The van der Waals surface area contributed by atoms with Gasteiger partial charge in [0.25, 0.3) is 5.91 Å². The van der Waals surface area contributed by atoms with Gasteiger partial charge in [0, 0.05) is 12.6 Å². The molecular formula is C21H28N2O5. The molecule has 1 aliphatic carbocycles. The third kappa shape index (κ3) is 4.46. The van der Waals surface area contributed by atoms with Crippen LogP contribution < -0.4 is 11.1 Å². The molecule has 1 fully saturated rings. The molecule has 2 aromatic rings. The highest BCUT2D eigenvalue weighted by Gasteiger charge is 2.30. The number of esters is 1. The van der Waals surface area contributed by atoms with Gasteiger partial charge in [-0.3, -0.25) is 14.2 Å². The van der Waals surface area contributed by atoms with Crippen LogP contribution in [0.3, 0.4) is 0 Å². The molecule has 0 saturated heterocycles. The standard InChI is InChI=1S/C21H28N2O5/c1-13-7-6-8-16(14(13)2)22-20(25)15(3)27-19(24)11-12-23-17-9-4-5-10-18(17)28-21(23)26/h4-5,9-10,13-16H,6-8,11-12H2,1-3H3,(H,22,25). The second kappa shape index (κ2) is 8.63. The number of aromatic nitrogens is 1. The first-order valence-electron chi connectivity index (χ1n) is 9.95. The molecule has 1 aliphatic rings. The minimum atomic E-state index is -0.866. The number of rotatable bonds is 6. The number of carbonyl (C=O) groups excluding carboxylic acids is 2. The molecule has 0 radical (unpaired) electrons. The second-order valence-electron chi connectivity index (χ2n) is 7.75. The summed E-state index contributed by atoms with van der Waals surface area (Å²) in [5.74, 6) is -0.336. The summed E-state index contributed by atoms with van der Waals surface area (Å²) in [6.45, 7) is 6.07. The highest BCUT2D eigenvalue weighted by atomic mass is 16.5. The normalized spacial score (nSPS) is 23.3. The number of ether oxygens (including phenoxy) is 1. The average Bonchev–Trinajstić information content (AvgIpc) is 2.98. The largest absolute Gasteiger partial charge is 0.452 e. The molecule has 1 heterocycles. The molecule has 3 rings (SSSR count). The molecule has 28 heavy (non-hydrogen) atoms. The summed E-state index contributed by atoms with van der Waals surface area (Å²) >= 11 is 0. The van der Waals surface area contributed by atoms with Crippen LogP contribution in [0.5, 0.6) is 0 Å². The van der Waals surface area contributed by atoms with Crippen molar-refractivity contribution in [3.05, 3.63) is 34.8 Å². The highest BCUT2D eigenvalue weighted by molar-refractivity contribution is 5.83. The quantitative estimate of drug-likeness (QED) is 0.769. The fraction of sp³-hybridized carbons (Fsp3) is 0.571. The van der Waals surface area contributed by atoms with E-state index < -0.39 is 17.8 Å². The number of hydrogen-bond donors (Lipinski definition) is 1. The van der Waals surface area contributed by atoms with E-state index >= 15 is 0 Å². The summed E-state index contributed by atoms with van der Waals surface area (Å²) in [4.78, 5) is 36.5. The monoisotopic (exact) mass is 388 g/mol. The van der Waals surface area contributed by atoms with Crippen LogP contribution in [0.15, 0.2) is 33.5 Å². The molecule has 4 atom stereocenters. The van der Waals surface area contributed by atoms with Gasteiger partial charge in [0.2, 0.25) is 0 Å². The maximum absolute atomic E-state index is 12.4. The topological polar surface area (TPSA) is 90.5 Å². The van der Waals surface area contributed by atoms with E-state index in [1.807, 2.05) is 0 Å². The smallest absolute Gasteiger partial charge is 0.419 e. The second-order valence-corrected chi connectivity index (χ2v) is 7.75. The Kier molecular flexibility index (Phi) is 6.21. The van der Waals surface area contributed by atoms with Crippen LogP contribution in [0.1, 0.15) is 46.5 Å². The zero-order valence-electron chi connectivity index (χ0n) is 16.6. The molecule has 152 valence electrons. The zero-order chi connectivity index (χ0) is 20.3. The van der Waals surface area contributed by atoms with Gasteiger partial charge in [-0.15, -0.1) is 0 Å². The van der Waals surface area contributed by atoms with Gasteiger partial charge in [-0.25, -0.2) is 4.79 Å². The SMILES string of the molecule is CC(OC(=O)CCn1c(=O)oc2ccccc21)C(=O)NC1CCCC(C)C1C. The van der Waals surface area contributed by atoms with Crippen molar-refractivity contribution in [2.45, 2.75) is 65.1 Å². The predicted molar refractivity (Wildman–Crippen MR) is 105 cm³/mol. The summed E-state index contributed by atoms with van der Waals surface area (Å²) in [5, 5.41) is 3.02. The first kappa shape index (κ1) is 20.2. The first-order chi connectivity index (χ1) is 13.4. The van der Waals surface area contributed by atoms with Crippen LogP contribution in [-0.2, 0) is 20.9 Å². The molecular weight excluding hydrogens is 360 g/mol. The molecule has 1 aromatic heterocycles. The number of hydrogen-bond acceptors (Lipinski definition) is 5. The van der Waals surface area contributed by atoms with E-state index in [2.05, 4.69) is 19.2 Å². The van der Waals surface area contributed by atoms with E-state index in [1.54, 1.807) is 31.2 Å². The Morgan fingerprint density at radius 3 is 2.82 bits per heavy atom. The van der Waals surface area contributed by atoms with Crippen molar-refractivity contribution in [3.8, 4) is 0 Å². The number of aryl methyl sites for hydroxylation is 1. The molecule has 7 heteroatoms. The number of nitrogens with zero attached hydrogens (tertiary/aromatic N) is 1. The zero-order valence-corrected chi connectivity index (χ0v) is 16.6. The minimum Gasteiger partial charge on any atom is -0.452 e. The number of fused-ring (bicyclic) bond motifs is 1. The van der Waals surface area contributed by atoms with Gasteiger partial charge in [-0.2, -0.15) is 0 Å². The van der Waals surface area contributed by atoms with Crippen molar-refractivity contribution < 1.29 is 18.7 Å². The summed E-state index contributed by atoms with van der Waals surface area (Å²) in [6, 6.07) is 7.15. The lowest BCUT2D eigenvalue weighted by Crippen LogP contribution is -2.47. The van der Waals surface area contributed by atoms with Gasteiger partial charge in [0.1, 0.15) is 0 Å². The number of benzene rings is 1. The van der Waals surface area contributed by atoms with Gasteiger partial charge < -0.3 is 14.5 Å². The minimum absolute atomic E-state index is 0.0160. The third-order valence-corrected chi connectivity index (χ3v) is 5.83. The molecule has 0 bridgehead atoms. The molecule has 7 nitrogen and oxygen atoms in total. The van der Waals surface area contributed by atoms with Crippen LogP contribution in [0.4, 0.5) is 0 Å². The lowest BCUT2D eigenvalue weighted by Gasteiger charge is -2.35. The van der Waals surface area contributed by atoms with Crippen LogP contribution in [0.25, 0.3) is 11.1 Å². The van der Waals surface area contributed by atoms with Gasteiger partial charge in [0.15, 0.2) is 11.7 Å². The van der Waals surface area contributed by atoms with Crippen molar-refractivity contribution in [1.29, 1.82) is 0 Å². The van der Waals surface area contributed by atoms with E-state index in [0.717, 1.165) is 12.8 Å². The fourth-order valence-corrected chi connectivity index (χ4v) is 3.82. The number of nitrogens with one attached hydrogen (secondary N) is 1. The maximum atomic E-state index is 12.4.